The average molecular weight is 170 g/mol. The van der Waals surface area contributed by atoms with E-state index in [1.165, 1.54) is 0 Å². The molecule has 3 N–H and O–H groups in total. The highest BCUT2D eigenvalue weighted by atomic mass is 31.2. The summed E-state index contributed by atoms with van der Waals surface area (Å²) in [5.74, 6) is 0. The SMILES string of the molecule is O=C[C@H](O)COP(=O)(O)O. The number of aliphatic hydroxyl groups is 1. The summed E-state index contributed by atoms with van der Waals surface area (Å²) in [5, 5.41) is 8.38. The van der Waals surface area contributed by atoms with Crippen molar-refractivity contribution >= 4 is 14.1 Å². The molecule has 10 heavy (non-hydrogen) atoms. The topological polar surface area (TPSA) is 104 Å². The van der Waals surface area contributed by atoms with Gasteiger partial charge in [0, 0.05) is 0 Å². The van der Waals surface area contributed by atoms with Crippen LogP contribution in [0.15, 0.2) is 0 Å². The summed E-state index contributed by atoms with van der Waals surface area (Å²) in [6.45, 7) is -0.687. The van der Waals surface area contributed by atoms with Gasteiger partial charge in [0.25, 0.3) is 0 Å². The molecule has 0 aliphatic heterocycles. The Morgan fingerprint density at radius 1 is 1.60 bits per heavy atom. The largest absolute Gasteiger partial charge is 0.469 e. The van der Waals surface area contributed by atoms with Crippen molar-refractivity contribution in [1.29, 1.82) is 0 Å². The minimum atomic E-state index is -4.55. The Morgan fingerprint density at radius 3 is 2.40 bits per heavy atom. The Labute approximate surface area is 56.7 Å². The van der Waals surface area contributed by atoms with Gasteiger partial charge in [-0.1, -0.05) is 0 Å². The number of aldehydes is 1. The van der Waals surface area contributed by atoms with Gasteiger partial charge in [0.1, 0.15) is 6.10 Å². The van der Waals surface area contributed by atoms with E-state index >= 15 is 0 Å². The third kappa shape index (κ3) is 5.87. The molecule has 0 radical (unpaired) electrons. The predicted octanol–water partition coefficient (Wildman–Crippen LogP) is -1.34. The lowest BCUT2D eigenvalue weighted by atomic mass is 10.4. The highest BCUT2D eigenvalue weighted by Gasteiger charge is 2.15. The lowest BCUT2D eigenvalue weighted by molar-refractivity contribution is -0.116. The standard InChI is InChI=1S/C3H7O6P/c4-1-3(5)2-9-10(6,7)8/h1,3,5H,2H2,(H2,6,7,8)/t3-/m0/s1. The van der Waals surface area contributed by atoms with Crippen molar-refractivity contribution in [2.24, 2.45) is 0 Å². The second kappa shape index (κ2) is 3.80. The van der Waals surface area contributed by atoms with Gasteiger partial charge in [-0.2, -0.15) is 0 Å². The van der Waals surface area contributed by atoms with Crippen LogP contribution >= 0.6 is 7.82 Å². The molecule has 0 aromatic heterocycles. The first-order valence-electron chi connectivity index (χ1n) is 2.29. The smallest absolute Gasteiger partial charge is 0.383 e. The number of hydrogen-bond donors (Lipinski definition) is 3. The van der Waals surface area contributed by atoms with E-state index in [2.05, 4.69) is 4.52 Å². The van der Waals surface area contributed by atoms with Crippen LogP contribution in [0.25, 0.3) is 0 Å². The first kappa shape index (κ1) is 9.74. The minimum Gasteiger partial charge on any atom is -0.383 e. The first-order valence-corrected chi connectivity index (χ1v) is 3.82. The number of phosphoric acid groups is 1. The van der Waals surface area contributed by atoms with Gasteiger partial charge < -0.3 is 19.7 Å². The molecule has 0 bridgehead atoms. The molecule has 0 fully saturated rings. The Bertz CT molecular complexity index is 149. The zero-order valence-electron chi connectivity index (χ0n) is 4.88. The molecule has 0 amide bonds. The lowest BCUT2D eigenvalue weighted by Crippen LogP contribution is -2.15. The normalized spacial score (nSPS) is 14.7. The fraction of sp³-hybridized carbons (Fsp3) is 0.667. The minimum absolute atomic E-state index is 0.121. The first-order chi connectivity index (χ1) is 4.45. The van der Waals surface area contributed by atoms with Gasteiger partial charge in [-0.05, 0) is 0 Å². The summed E-state index contributed by atoms with van der Waals surface area (Å²) < 4.78 is 13.7. The maximum Gasteiger partial charge on any atom is 0.469 e. The summed E-state index contributed by atoms with van der Waals surface area (Å²) in [4.78, 5) is 25.7. The Morgan fingerprint density at radius 2 is 2.10 bits per heavy atom. The summed E-state index contributed by atoms with van der Waals surface area (Å²) in [6, 6.07) is 0. The highest BCUT2D eigenvalue weighted by molar-refractivity contribution is 7.46. The lowest BCUT2D eigenvalue weighted by Gasteiger charge is -2.04. The van der Waals surface area contributed by atoms with E-state index in [0.29, 0.717) is 0 Å². The highest BCUT2D eigenvalue weighted by Crippen LogP contribution is 2.35. The molecule has 0 saturated carbocycles. The van der Waals surface area contributed by atoms with Crippen molar-refractivity contribution in [1.82, 2.24) is 0 Å². The Balaban J connectivity index is 3.55. The molecule has 1 atom stereocenters. The van der Waals surface area contributed by atoms with E-state index in [4.69, 9.17) is 14.9 Å². The molecule has 0 rings (SSSR count). The van der Waals surface area contributed by atoms with Gasteiger partial charge in [0.15, 0.2) is 6.29 Å². The fourth-order valence-corrected chi connectivity index (χ4v) is 0.560. The maximum absolute atomic E-state index is 9.90. The van der Waals surface area contributed by atoms with Crippen molar-refractivity contribution < 1.29 is 28.8 Å². The maximum atomic E-state index is 9.90. The summed E-state index contributed by atoms with van der Waals surface area (Å²) in [6.07, 6.45) is -1.36. The van der Waals surface area contributed by atoms with E-state index in [-0.39, 0.29) is 6.29 Å². The van der Waals surface area contributed by atoms with Crippen molar-refractivity contribution in [3.8, 4) is 0 Å². The number of phosphoric ester groups is 1. The van der Waals surface area contributed by atoms with Crippen LogP contribution in [0.3, 0.4) is 0 Å². The number of carbonyl (C=O) groups excluding carboxylic acids is 1. The molecule has 0 aliphatic carbocycles. The van der Waals surface area contributed by atoms with Crippen LogP contribution < -0.4 is 0 Å². The molecule has 0 aromatic carbocycles. The second-order valence-corrected chi connectivity index (χ2v) is 2.73. The molecule has 0 heterocycles. The van der Waals surface area contributed by atoms with Crippen molar-refractivity contribution in [2.45, 2.75) is 6.10 Å². The van der Waals surface area contributed by atoms with Crippen LogP contribution in [-0.2, 0) is 13.9 Å². The van der Waals surface area contributed by atoms with Crippen molar-refractivity contribution in [3.05, 3.63) is 0 Å². The van der Waals surface area contributed by atoms with E-state index in [1.54, 1.807) is 0 Å². The molecule has 60 valence electrons. The van der Waals surface area contributed by atoms with Crippen molar-refractivity contribution in [3.63, 3.8) is 0 Å². The van der Waals surface area contributed by atoms with Crippen LogP contribution in [0.2, 0.25) is 0 Å². The number of carbonyl (C=O) groups is 1. The van der Waals surface area contributed by atoms with Gasteiger partial charge in [-0.15, -0.1) is 0 Å². The quantitative estimate of drug-likeness (QED) is 0.356. The zero-order valence-corrected chi connectivity index (χ0v) is 5.77. The molecule has 7 heteroatoms. The third-order valence-electron chi connectivity index (χ3n) is 0.571. The van der Waals surface area contributed by atoms with Crippen LogP contribution in [-0.4, -0.2) is 33.9 Å². The summed E-state index contributed by atoms with van der Waals surface area (Å²) >= 11 is 0. The third-order valence-corrected chi connectivity index (χ3v) is 1.06. The zero-order chi connectivity index (χ0) is 8.20. The molecule has 6 nitrogen and oxygen atoms in total. The predicted molar refractivity (Wildman–Crippen MR) is 30.1 cm³/mol. The van der Waals surface area contributed by atoms with Crippen LogP contribution in [0.5, 0.6) is 0 Å². The van der Waals surface area contributed by atoms with E-state index in [0.717, 1.165) is 0 Å². The van der Waals surface area contributed by atoms with Crippen LogP contribution in [0, 0.1) is 0 Å². The summed E-state index contributed by atoms with van der Waals surface area (Å²) in [7, 11) is -4.55. The molecule has 0 saturated heterocycles. The van der Waals surface area contributed by atoms with Crippen LogP contribution in [0.4, 0.5) is 0 Å². The Hall–Kier alpha value is -0.260. The molecule has 0 aliphatic rings. The monoisotopic (exact) mass is 170 g/mol. The van der Waals surface area contributed by atoms with Crippen LogP contribution in [0.1, 0.15) is 0 Å². The van der Waals surface area contributed by atoms with Gasteiger partial charge in [-0.25, -0.2) is 4.57 Å². The van der Waals surface area contributed by atoms with Gasteiger partial charge in [-0.3, -0.25) is 4.52 Å². The second-order valence-electron chi connectivity index (χ2n) is 1.49. The number of hydrogen-bond acceptors (Lipinski definition) is 4. The molecular formula is C3H7O6P. The molecule has 0 unspecified atom stereocenters. The van der Waals surface area contributed by atoms with E-state index in [1.807, 2.05) is 0 Å². The Kier molecular flexibility index (Phi) is 3.70. The molecule has 0 aromatic rings. The van der Waals surface area contributed by atoms with Gasteiger partial charge in [0.2, 0.25) is 0 Å². The van der Waals surface area contributed by atoms with Gasteiger partial charge >= 0.3 is 7.82 Å². The van der Waals surface area contributed by atoms with E-state index in [9.17, 15) is 9.36 Å². The fourth-order valence-electron chi connectivity index (χ4n) is 0.213. The number of aliphatic hydroxyl groups excluding tert-OH is 1. The average Bonchev–Trinajstić information content (AvgIpc) is 1.81. The van der Waals surface area contributed by atoms with E-state index < -0.39 is 20.5 Å². The molecular weight excluding hydrogens is 163 g/mol. The van der Waals surface area contributed by atoms with Gasteiger partial charge in [0.05, 0.1) is 6.61 Å². The van der Waals surface area contributed by atoms with Crippen molar-refractivity contribution in [2.75, 3.05) is 6.61 Å². The summed E-state index contributed by atoms with van der Waals surface area (Å²) in [5.41, 5.74) is 0. The number of rotatable bonds is 4. The molecule has 0 spiro atoms.